The molecule has 0 spiro atoms. The van der Waals surface area contributed by atoms with Crippen LogP contribution in [0.15, 0.2) is 30.3 Å². The number of para-hydroxylation sites is 1. The third-order valence-electron chi connectivity index (χ3n) is 3.40. The number of benzene rings is 1. The number of carbonyl (C=O) groups excluding carboxylic acids is 2. The van der Waals surface area contributed by atoms with Gasteiger partial charge in [0.2, 0.25) is 11.8 Å². The predicted molar refractivity (Wildman–Crippen MR) is 70.5 cm³/mol. The monoisotopic (exact) mass is 272 g/mol. The average Bonchev–Trinajstić information content (AvgIpc) is 2.77. The average molecular weight is 272 g/mol. The number of aliphatic carboxylic acids is 1. The van der Waals surface area contributed by atoms with Gasteiger partial charge in [0.15, 0.2) is 6.04 Å². The topological polar surface area (TPSA) is 77.9 Å². The van der Waals surface area contributed by atoms with E-state index >= 15 is 0 Å². The summed E-state index contributed by atoms with van der Waals surface area (Å²) in [6.45, 7) is 0. The van der Waals surface area contributed by atoms with E-state index in [2.05, 4.69) is 0 Å². The molecule has 0 aromatic heterocycles. The van der Waals surface area contributed by atoms with E-state index in [1.807, 2.05) is 12.1 Å². The maximum Gasteiger partial charge on any atom is 0.332 e. The second kappa shape index (κ2) is 4.48. The molecule has 102 valence electrons. The first-order chi connectivity index (χ1) is 9.59. The van der Waals surface area contributed by atoms with Crippen LogP contribution in [0.4, 0.5) is 5.69 Å². The van der Waals surface area contributed by atoms with Gasteiger partial charge in [-0.3, -0.25) is 14.6 Å². The van der Waals surface area contributed by atoms with Gasteiger partial charge in [-0.2, -0.15) is 5.01 Å². The van der Waals surface area contributed by atoms with E-state index in [-0.39, 0.29) is 24.7 Å². The molecule has 2 amide bonds. The van der Waals surface area contributed by atoms with Crippen molar-refractivity contribution in [2.45, 2.75) is 18.9 Å². The van der Waals surface area contributed by atoms with Crippen molar-refractivity contribution in [1.29, 1.82) is 0 Å². The van der Waals surface area contributed by atoms with Crippen LogP contribution in [0, 0.1) is 0 Å². The number of nitrogens with zero attached hydrogens (tertiary/aromatic N) is 2. The van der Waals surface area contributed by atoms with Crippen molar-refractivity contribution in [3.63, 3.8) is 0 Å². The van der Waals surface area contributed by atoms with Crippen LogP contribution in [0.5, 0.6) is 0 Å². The molecular weight excluding hydrogens is 260 g/mol. The number of hydrogen-bond donors (Lipinski definition) is 1. The summed E-state index contributed by atoms with van der Waals surface area (Å²) in [6.07, 6.45) is 3.40. The van der Waals surface area contributed by atoms with Crippen LogP contribution in [0.3, 0.4) is 0 Å². The van der Waals surface area contributed by atoms with Gasteiger partial charge in [-0.1, -0.05) is 24.3 Å². The number of fused-ring (bicyclic) bond motifs is 1. The molecule has 3 rings (SSSR count). The zero-order valence-corrected chi connectivity index (χ0v) is 10.5. The van der Waals surface area contributed by atoms with Crippen molar-refractivity contribution in [2.24, 2.45) is 0 Å². The van der Waals surface area contributed by atoms with Crippen molar-refractivity contribution in [1.82, 2.24) is 5.01 Å². The first-order valence-electron chi connectivity index (χ1n) is 6.24. The molecule has 1 aromatic rings. The number of anilines is 1. The second-order valence-corrected chi connectivity index (χ2v) is 4.64. The second-order valence-electron chi connectivity index (χ2n) is 4.64. The lowest BCUT2D eigenvalue weighted by atomic mass is 10.0. The molecule has 2 heterocycles. The summed E-state index contributed by atoms with van der Waals surface area (Å²) in [5.74, 6) is -1.85. The molecule has 1 aromatic carbocycles. The smallest absolute Gasteiger partial charge is 0.332 e. The van der Waals surface area contributed by atoms with Gasteiger partial charge < -0.3 is 5.11 Å². The van der Waals surface area contributed by atoms with E-state index in [1.54, 1.807) is 18.2 Å². The summed E-state index contributed by atoms with van der Waals surface area (Å²) in [4.78, 5) is 35.2. The Hall–Kier alpha value is -2.63. The Morgan fingerprint density at radius 2 is 1.80 bits per heavy atom. The third kappa shape index (κ3) is 1.77. The van der Waals surface area contributed by atoms with Gasteiger partial charge in [-0.15, -0.1) is 0 Å². The van der Waals surface area contributed by atoms with Gasteiger partial charge in [-0.25, -0.2) is 4.79 Å². The largest absolute Gasteiger partial charge is 0.479 e. The van der Waals surface area contributed by atoms with Crippen molar-refractivity contribution in [2.75, 3.05) is 5.01 Å². The molecular formula is C14H12N2O4. The number of carboxylic acids is 1. The van der Waals surface area contributed by atoms with Crippen LogP contribution in [0.25, 0.3) is 6.08 Å². The molecule has 20 heavy (non-hydrogen) atoms. The highest BCUT2D eigenvalue weighted by Crippen LogP contribution is 2.32. The molecule has 2 aliphatic heterocycles. The Morgan fingerprint density at radius 3 is 2.45 bits per heavy atom. The molecule has 6 nitrogen and oxygen atoms in total. The summed E-state index contributed by atoms with van der Waals surface area (Å²) >= 11 is 0. The molecule has 1 atom stereocenters. The lowest BCUT2D eigenvalue weighted by Crippen LogP contribution is -2.55. The molecule has 0 bridgehead atoms. The van der Waals surface area contributed by atoms with E-state index in [0.29, 0.717) is 5.69 Å². The number of rotatable bonds is 2. The molecule has 0 aliphatic carbocycles. The van der Waals surface area contributed by atoms with Crippen LogP contribution >= 0.6 is 0 Å². The lowest BCUT2D eigenvalue weighted by molar-refractivity contribution is -0.142. The molecule has 1 N–H and O–H groups in total. The summed E-state index contributed by atoms with van der Waals surface area (Å²) in [7, 11) is 0. The highest BCUT2D eigenvalue weighted by molar-refractivity contribution is 6.05. The molecule has 1 saturated heterocycles. The predicted octanol–water partition coefficient (Wildman–Crippen LogP) is 1.04. The van der Waals surface area contributed by atoms with Crippen molar-refractivity contribution in [3.05, 3.63) is 35.9 Å². The fourth-order valence-corrected chi connectivity index (χ4v) is 2.49. The molecule has 0 radical (unpaired) electrons. The number of imide groups is 1. The van der Waals surface area contributed by atoms with Crippen LogP contribution in [0.1, 0.15) is 18.4 Å². The molecule has 6 heteroatoms. The highest BCUT2D eigenvalue weighted by atomic mass is 16.4. The molecule has 1 unspecified atom stereocenters. The van der Waals surface area contributed by atoms with Crippen LogP contribution in [0.2, 0.25) is 0 Å². The fourth-order valence-electron chi connectivity index (χ4n) is 2.49. The Morgan fingerprint density at radius 1 is 1.15 bits per heavy atom. The van der Waals surface area contributed by atoms with Gasteiger partial charge in [0.05, 0.1) is 5.69 Å². The van der Waals surface area contributed by atoms with Gasteiger partial charge in [0, 0.05) is 12.8 Å². The van der Waals surface area contributed by atoms with Crippen molar-refractivity contribution >= 4 is 29.5 Å². The van der Waals surface area contributed by atoms with E-state index < -0.39 is 12.0 Å². The highest BCUT2D eigenvalue weighted by Gasteiger charge is 2.41. The van der Waals surface area contributed by atoms with Gasteiger partial charge in [-0.05, 0) is 17.7 Å². The Bertz CT molecular complexity index is 622. The first kappa shape index (κ1) is 12.4. The molecule has 2 aliphatic rings. The van der Waals surface area contributed by atoms with E-state index in [0.717, 1.165) is 10.6 Å². The van der Waals surface area contributed by atoms with E-state index in [1.165, 1.54) is 11.1 Å². The Labute approximate surface area is 114 Å². The van der Waals surface area contributed by atoms with Crippen molar-refractivity contribution in [3.8, 4) is 0 Å². The summed E-state index contributed by atoms with van der Waals surface area (Å²) in [6, 6.07) is 6.01. The fraction of sp³-hybridized carbons (Fsp3) is 0.214. The zero-order valence-electron chi connectivity index (χ0n) is 10.5. The minimum Gasteiger partial charge on any atom is -0.479 e. The van der Waals surface area contributed by atoms with Crippen molar-refractivity contribution < 1.29 is 19.5 Å². The van der Waals surface area contributed by atoms with E-state index in [9.17, 15) is 19.5 Å². The van der Waals surface area contributed by atoms with Gasteiger partial charge >= 0.3 is 5.97 Å². The third-order valence-corrected chi connectivity index (χ3v) is 3.40. The maximum atomic E-state index is 11.9. The zero-order chi connectivity index (χ0) is 14.3. The van der Waals surface area contributed by atoms with E-state index in [4.69, 9.17) is 0 Å². The van der Waals surface area contributed by atoms with Gasteiger partial charge in [0.25, 0.3) is 0 Å². The number of hydrazine groups is 1. The number of hydrogen-bond acceptors (Lipinski definition) is 4. The Balaban J connectivity index is 2.12. The molecule has 1 fully saturated rings. The van der Waals surface area contributed by atoms with Crippen LogP contribution in [-0.2, 0) is 14.4 Å². The maximum absolute atomic E-state index is 11.9. The first-order valence-corrected chi connectivity index (χ1v) is 6.24. The standard InChI is InChI=1S/C14H12N2O4/c17-12-7-8-13(18)16(12)15-10-4-2-1-3-9(10)5-6-11(15)14(19)20/h1-6,11H,7-8H2,(H,19,20). The quantitative estimate of drug-likeness (QED) is 0.814. The SMILES string of the molecule is O=C(O)C1C=Cc2ccccc2N1N1C(=O)CCC1=O. The minimum absolute atomic E-state index is 0.119. The normalized spacial score (nSPS) is 21.3. The van der Waals surface area contributed by atoms with Crippen LogP contribution < -0.4 is 5.01 Å². The summed E-state index contributed by atoms with van der Waals surface area (Å²) < 4.78 is 0. The van der Waals surface area contributed by atoms with Crippen LogP contribution in [-0.4, -0.2) is 33.9 Å². The summed E-state index contributed by atoms with van der Waals surface area (Å²) in [5.41, 5.74) is 1.32. The summed E-state index contributed by atoms with van der Waals surface area (Å²) in [5, 5.41) is 11.6. The minimum atomic E-state index is -1.11. The number of carbonyl (C=O) groups is 3. The number of amides is 2. The Kier molecular flexibility index (Phi) is 2.78. The lowest BCUT2D eigenvalue weighted by Gasteiger charge is -2.38. The number of carboxylic acid groups (broad SMARTS) is 1. The van der Waals surface area contributed by atoms with Gasteiger partial charge in [0.1, 0.15) is 0 Å². The molecule has 0 saturated carbocycles.